The number of fused-ring (bicyclic) bond motifs is 2. The lowest BCUT2D eigenvalue weighted by molar-refractivity contribution is -0.139. The van der Waals surface area contributed by atoms with Gasteiger partial charge in [0.2, 0.25) is 0 Å². The molecule has 0 fully saturated rings. The van der Waals surface area contributed by atoms with Crippen molar-refractivity contribution >= 4 is 18.1 Å². The summed E-state index contributed by atoms with van der Waals surface area (Å²) in [5, 5.41) is 8.67. The summed E-state index contributed by atoms with van der Waals surface area (Å²) in [4.78, 5) is 12.7. The Labute approximate surface area is 188 Å². The lowest BCUT2D eigenvalue weighted by Crippen LogP contribution is -2.14. The summed E-state index contributed by atoms with van der Waals surface area (Å²) in [6, 6.07) is 16.6. The van der Waals surface area contributed by atoms with Gasteiger partial charge in [-0.2, -0.15) is 0 Å². The number of benzene rings is 2. The Morgan fingerprint density at radius 2 is 1.31 bits per heavy atom. The summed E-state index contributed by atoms with van der Waals surface area (Å²) in [5.74, 6) is -0.311. The molecule has 0 amide bonds. The number of rotatable bonds is 11. The van der Waals surface area contributed by atoms with E-state index in [2.05, 4.69) is 48.6 Å². The summed E-state index contributed by atoms with van der Waals surface area (Å²) in [7, 11) is 0. The lowest BCUT2D eigenvalue weighted by Gasteiger charge is -2.22. The molecule has 0 aromatic heterocycles. The number of carbonyl (C=O) groups excluding carboxylic acids is 1. The summed E-state index contributed by atoms with van der Waals surface area (Å²) in [6.07, 6.45) is 10.2. The largest absolute Gasteiger partial charge is 0.460 e. The average molecular weight is 433 g/mol. The van der Waals surface area contributed by atoms with Crippen molar-refractivity contribution in [1.29, 1.82) is 0 Å². The number of aliphatic hydroxyl groups excluding tert-OH is 1. The molecule has 166 valence electrons. The van der Waals surface area contributed by atoms with Crippen LogP contribution in [0.25, 0.3) is 12.2 Å². The fourth-order valence-corrected chi connectivity index (χ4v) is 4.22. The molecule has 2 aliphatic rings. The van der Waals surface area contributed by atoms with Gasteiger partial charge in [-0.1, -0.05) is 72.8 Å². The van der Waals surface area contributed by atoms with E-state index < -0.39 is 0 Å². The van der Waals surface area contributed by atoms with Gasteiger partial charge in [0.05, 0.1) is 33.0 Å². The Morgan fingerprint density at radius 1 is 0.781 bits per heavy atom. The Balaban J connectivity index is 1.45. The highest BCUT2D eigenvalue weighted by molar-refractivity contribution is 5.85. The van der Waals surface area contributed by atoms with Crippen molar-refractivity contribution in [2.75, 3.05) is 39.6 Å². The zero-order valence-corrected chi connectivity index (χ0v) is 18.0. The molecular weight excluding hydrogens is 404 g/mol. The number of hydrogen-bond donors (Lipinski definition) is 1. The van der Waals surface area contributed by atoms with E-state index in [4.69, 9.17) is 19.3 Å². The van der Waals surface area contributed by atoms with Gasteiger partial charge in [-0.15, -0.1) is 0 Å². The minimum atomic E-state index is -0.365. The van der Waals surface area contributed by atoms with Crippen molar-refractivity contribution < 1.29 is 24.1 Å². The summed E-state index contributed by atoms with van der Waals surface area (Å²) < 4.78 is 16.0. The molecule has 0 spiro atoms. The summed E-state index contributed by atoms with van der Waals surface area (Å²) in [6.45, 7) is 1.56. The van der Waals surface area contributed by atoms with Crippen molar-refractivity contribution in [1.82, 2.24) is 0 Å². The smallest absolute Gasteiger partial charge is 0.330 e. The molecule has 0 radical (unpaired) electrons. The predicted octanol–water partition coefficient (Wildman–Crippen LogP) is 4.10. The standard InChI is InChI=1S/C27H28O5/c28-13-14-30-15-16-31-17-18-32-27(29)19-26(24-11-9-20-5-1-3-7-22(20)24)25-12-10-21-6-2-4-8-23(21)25/h1-12,19,24-25,28H,13-18H2. The zero-order chi connectivity index (χ0) is 22.2. The molecular formula is C27H28O5. The van der Waals surface area contributed by atoms with Gasteiger partial charge in [-0.05, 0) is 27.8 Å². The number of hydrogen-bond acceptors (Lipinski definition) is 5. The van der Waals surface area contributed by atoms with Crippen LogP contribution in [0.5, 0.6) is 0 Å². The third-order valence-corrected chi connectivity index (χ3v) is 5.68. The van der Waals surface area contributed by atoms with Crippen molar-refractivity contribution in [3.8, 4) is 0 Å². The number of carbonyl (C=O) groups is 1. The second kappa shape index (κ2) is 11.0. The molecule has 5 heteroatoms. The predicted molar refractivity (Wildman–Crippen MR) is 124 cm³/mol. The Bertz CT molecular complexity index is 957. The molecule has 4 rings (SSSR count). The van der Waals surface area contributed by atoms with Crippen LogP contribution in [0.15, 0.2) is 72.3 Å². The molecule has 0 saturated heterocycles. The molecule has 1 N–H and O–H groups in total. The van der Waals surface area contributed by atoms with Gasteiger partial charge in [-0.3, -0.25) is 0 Å². The highest BCUT2D eigenvalue weighted by Crippen LogP contribution is 2.45. The third-order valence-electron chi connectivity index (χ3n) is 5.68. The quantitative estimate of drug-likeness (QED) is 0.329. The van der Waals surface area contributed by atoms with Crippen molar-refractivity contribution in [3.63, 3.8) is 0 Å². The van der Waals surface area contributed by atoms with Crippen molar-refractivity contribution in [3.05, 3.63) is 94.6 Å². The normalized spacial score (nSPS) is 17.8. The molecule has 32 heavy (non-hydrogen) atoms. The fourth-order valence-electron chi connectivity index (χ4n) is 4.22. The summed E-state index contributed by atoms with van der Waals surface area (Å²) in [5.41, 5.74) is 5.79. The van der Waals surface area contributed by atoms with E-state index >= 15 is 0 Å². The van der Waals surface area contributed by atoms with Crippen LogP contribution in [-0.4, -0.2) is 50.7 Å². The molecule has 0 aliphatic heterocycles. The highest BCUT2D eigenvalue weighted by Gasteiger charge is 2.30. The van der Waals surface area contributed by atoms with E-state index in [1.54, 1.807) is 6.08 Å². The Hall–Kier alpha value is -2.99. The van der Waals surface area contributed by atoms with Crippen molar-refractivity contribution in [2.24, 2.45) is 0 Å². The minimum Gasteiger partial charge on any atom is -0.460 e. The van der Waals surface area contributed by atoms with Crippen LogP contribution in [0, 0.1) is 0 Å². The number of aliphatic hydroxyl groups is 1. The van der Waals surface area contributed by atoms with Crippen LogP contribution < -0.4 is 0 Å². The molecule has 0 heterocycles. The SMILES string of the molecule is O=C(C=C(C1C=Cc2ccccc21)C1C=Cc2ccccc21)OCCOCCOCCO. The first-order valence-electron chi connectivity index (χ1n) is 11.0. The van der Waals surface area contributed by atoms with Gasteiger partial charge < -0.3 is 19.3 Å². The van der Waals surface area contributed by atoms with Crippen LogP contribution in [0.4, 0.5) is 0 Å². The van der Waals surface area contributed by atoms with Gasteiger partial charge in [0, 0.05) is 17.9 Å². The van der Waals surface area contributed by atoms with E-state index in [1.807, 2.05) is 24.3 Å². The molecule has 2 aliphatic carbocycles. The van der Waals surface area contributed by atoms with Crippen molar-refractivity contribution in [2.45, 2.75) is 11.8 Å². The van der Waals surface area contributed by atoms with E-state index in [-0.39, 0.29) is 31.0 Å². The topological polar surface area (TPSA) is 65.0 Å². The second-order valence-corrected chi connectivity index (χ2v) is 7.69. The van der Waals surface area contributed by atoms with Crippen LogP contribution in [0.3, 0.4) is 0 Å². The van der Waals surface area contributed by atoms with E-state index in [1.165, 1.54) is 22.3 Å². The number of esters is 1. The maximum Gasteiger partial charge on any atom is 0.330 e. The molecule has 0 bridgehead atoms. The molecule has 5 nitrogen and oxygen atoms in total. The maximum absolute atomic E-state index is 12.7. The van der Waals surface area contributed by atoms with Gasteiger partial charge in [0.1, 0.15) is 6.61 Å². The van der Waals surface area contributed by atoms with Gasteiger partial charge >= 0.3 is 5.97 Å². The average Bonchev–Trinajstić information content (AvgIpc) is 3.44. The molecule has 2 unspecified atom stereocenters. The monoisotopic (exact) mass is 432 g/mol. The first kappa shape index (κ1) is 22.2. The van der Waals surface area contributed by atoms with Gasteiger partial charge in [0.25, 0.3) is 0 Å². The van der Waals surface area contributed by atoms with E-state index in [9.17, 15) is 4.79 Å². The molecule has 2 aromatic carbocycles. The molecule has 0 saturated carbocycles. The lowest BCUT2D eigenvalue weighted by atomic mass is 9.81. The second-order valence-electron chi connectivity index (χ2n) is 7.69. The Morgan fingerprint density at radius 3 is 1.91 bits per heavy atom. The third kappa shape index (κ3) is 5.25. The molecule has 2 aromatic rings. The Kier molecular flexibility index (Phi) is 7.67. The number of ether oxygens (including phenoxy) is 3. The van der Waals surface area contributed by atoms with Gasteiger partial charge in [0.15, 0.2) is 0 Å². The van der Waals surface area contributed by atoms with Crippen LogP contribution in [0.1, 0.15) is 34.1 Å². The van der Waals surface area contributed by atoms with E-state index in [0.717, 1.165) is 5.57 Å². The summed E-state index contributed by atoms with van der Waals surface area (Å²) >= 11 is 0. The maximum atomic E-state index is 12.7. The minimum absolute atomic E-state index is 0.00635. The van der Waals surface area contributed by atoms with Crippen LogP contribution in [-0.2, 0) is 19.0 Å². The van der Waals surface area contributed by atoms with E-state index in [0.29, 0.717) is 26.4 Å². The van der Waals surface area contributed by atoms with Crippen LogP contribution >= 0.6 is 0 Å². The fraction of sp³-hybridized carbons (Fsp3) is 0.296. The molecule has 2 atom stereocenters. The first-order valence-corrected chi connectivity index (χ1v) is 11.0. The van der Waals surface area contributed by atoms with Gasteiger partial charge in [-0.25, -0.2) is 4.79 Å². The highest BCUT2D eigenvalue weighted by atomic mass is 16.6. The number of allylic oxidation sites excluding steroid dienone is 3. The first-order chi connectivity index (χ1) is 15.8. The zero-order valence-electron chi connectivity index (χ0n) is 18.0. The van der Waals surface area contributed by atoms with Crippen LogP contribution in [0.2, 0.25) is 0 Å².